The minimum Gasteiger partial charge on any atom is -0.467 e. The maximum atomic E-state index is 12.7. The van der Waals surface area contributed by atoms with Crippen LogP contribution < -0.4 is 5.32 Å². The lowest BCUT2D eigenvalue weighted by atomic mass is 10.2. The molecular weight excluding hydrogens is 354 g/mol. The van der Waals surface area contributed by atoms with E-state index in [1.165, 1.54) is 23.1 Å². The summed E-state index contributed by atoms with van der Waals surface area (Å²) in [5.41, 5.74) is 1.61. The van der Waals surface area contributed by atoms with E-state index in [1.54, 1.807) is 6.07 Å². The number of amides is 1. The molecule has 3 rings (SSSR count). The van der Waals surface area contributed by atoms with Crippen molar-refractivity contribution in [3.8, 4) is 16.3 Å². The van der Waals surface area contributed by atoms with Crippen LogP contribution in [0.5, 0.6) is 0 Å². The van der Waals surface area contributed by atoms with Crippen LogP contribution in [-0.2, 0) is 9.53 Å². The quantitative estimate of drug-likeness (QED) is 0.645. The molecule has 0 aliphatic carbocycles. The van der Waals surface area contributed by atoms with Crippen molar-refractivity contribution in [2.75, 3.05) is 13.7 Å². The predicted octanol–water partition coefficient (Wildman–Crippen LogP) is 1.86. The van der Waals surface area contributed by atoms with Crippen molar-refractivity contribution < 1.29 is 19.4 Å². The van der Waals surface area contributed by atoms with Gasteiger partial charge in [0.25, 0.3) is 5.91 Å². The van der Waals surface area contributed by atoms with Gasteiger partial charge in [0.1, 0.15) is 11.4 Å². The second kappa shape index (κ2) is 7.94. The third-order valence-electron chi connectivity index (χ3n) is 3.69. The average Bonchev–Trinajstić information content (AvgIpc) is 3.35. The number of para-hydroxylation sites is 1. The minimum absolute atomic E-state index is 0.252. The molecule has 1 atom stereocenters. The summed E-state index contributed by atoms with van der Waals surface area (Å²) in [5, 5.41) is 18.3. The van der Waals surface area contributed by atoms with Gasteiger partial charge in [0.15, 0.2) is 6.04 Å². The number of aromatic nitrogens is 2. The number of carbonyl (C=O) groups excluding carboxylic acids is 2. The normalized spacial score (nSPS) is 11.8. The van der Waals surface area contributed by atoms with Gasteiger partial charge < -0.3 is 15.2 Å². The maximum Gasteiger partial charge on any atom is 0.330 e. The lowest BCUT2D eigenvalue weighted by Gasteiger charge is -2.14. The first-order valence-corrected chi connectivity index (χ1v) is 8.71. The second-order valence-corrected chi connectivity index (χ2v) is 6.32. The molecule has 8 heteroatoms. The zero-order valence-corrected chi connectivity index (χ0v) is 14.8. The molecular formula is C18H17N3O4S. The Bertz CT molecular complexity index is 891. The van der Waals surface area contributed by atoms with E-state index >= 15 is 0 Å². The monoisotopic (exact) mass is 371 g/mol. The third kappa shape index (κ3) is 3.66. The Kier molecular flexibility index (Phi) is 5.45. The molecule has 0 spiro atoms. The summed E-state index contributed by atoms with van der Waals surface area (Å²) < 4.78 is 6.09. The fourth-order valence-electron chi connectivity index (χ4n) is 2.41. The fourth-order valence-corrected chi connectivity index (χ4v) is 3.09. The SMILES string of the molecule is COC(=O)[C@H](CO)NC(=O)c1cc(-c2cccs2)nn1-c1ccccc1. The zero-order valence-electron chi connectivity index (χ0n) is 14.0. The Hall–Kier alpha value is -2.97. The molecule has 0 radical (unpaired) electrons. The number of hydrogen-bond donors (Lipinski definition) is 2. The predicted molar refractivity (Wildman–Crippen MR) is 97.2 cm³/mol. The van der Waals surface area contributed by atoms with E-state index in [4.69, 9.17) is 0 Å². The van der Waals surface area contributed by atoms with Crippen molar-refractivity contribution in [2.24, 2.45) is 0 Å². The number of nitrogens with one attached hydrogen (secondary N) is 1. The number of benzene rings is 1. The van der Waals surface area contributed by atoms with E-state index in [1.807, 2.05) is 47.8 Å². The van der Waals surface area contributed by atoms with Crippen LogP contribution in [0.4, 0.5) is 0 Å². The van der Waals surface area contributed by atoms with E-state index in [-0.39, 0.29) is 5.69 Å². The molecule has 0 aliphatic rings. The van der Waals surface area contributed by atoms with Crippen molar-refractivity contribution in [3.05, 3.63) is 59.6 Å². The lowest BCUT2D eigenvalue weighted by Crippen LogP contribution is -2.44. The zero-order chi connectivity index (χ0) is 18.5. The Labute approximate surface area is 153 Å². The highest BCUT2D eigenvalue weighted by molar-refractivity contribution is 7.13. The fraction of sp³-hybridized carbons (Fsp3) is 0.167. The van der Waals surface area contributed by atoms with Crippen LogP contribution in [0.1, 0.15) is 10.5 Å². The lowest BCUT2D eigenvalue weighted by molar-refractivity contribution is -0.143. The Morgan fingerprint density at radius 1 is 1.27 bits per heavy atom. The number of nitrogens with zero attached hydrogens (tertiary/aromatic N) is 2. The van der Waals surface area contributed by atoms with Gasteiger partial charge in [-0.25, -0.2) is 9.48 Å². The summed E-state index contributed by atoms with van der Waals surface area (Å²) in [6.45, 7) is -0.560. The van der Waals surface area contributed by atoms with Crippen LogP contribution in [0.2, 0.25) is 0 Å². The highest BCUT2D eigenvalue weighted by Gasteiger charge is 2.24. The molecule has 26 heavy (non-hydrogen) atoms. The van der Waals surface area contributed by atoms with Crippen molar-refractivity contribution in [1.29, 1.82) is 0 Å². The van der Waals surface area contributed by atoms with Gasteiger partial charge in [-0.2, -0.15) is 5.10 Å². The molecule has 1 aromatic carbocycles. The number of methoxy groups -OCH3 is 1. The summed E-state index contributed by atoms with van der Waals surface area (Å²) in [6, 6.07) is 13.5. The standard InChI is InChI=1S/C18H17N3O4S/c1-25-18(24)14(11-22)19-17(23)15-10-13(16-8-5-9-26-16)20-21(15)12-6-3-2-4-7-12/h2-10,14,22H,11H2,1H3,(H,19,23)/t14-/m0/s1. The van der Waals surface area contributed by atoms with Gasteiger partial charge in [-0.3, -0.25) is 4.79 Å². The average molecular weight is 371 g/mol. The number of carbonyl (C=O) groups is 2. The van der Waals surface area contributed by atoms with E-state index < -0.39 is 24.5 Å². The number of aliphatic hydroxyl groups is 1. The van der Waals surface area contributed by atoms with E-state index in [9.17, 15) is 14.7 Å². The van der Waals surface area contributed by atoms with E-state index in [2.05, 4.69) is 15.2 Å². The van der Waals surface area contributed by atoms with Crippen molar-refractivity contribution in [3.63, 3.8) is 0 Å². The highest BCUT2D eigenvalue weighted by atomic mass is 32.1. The van der Waals surface area contributed by atoms with Crippen LogP contribution in [-0.4, -0.2) is 46.5 Å². The molecule has 0 saturated carbocycles. The maximum absolute atomic E-state index is 12.7. The largest absolute Gasteiger partial charge is 0.467 e. The Morgan fingerprint density at radius 3 is 2.65 bits per heavy atom. The number of esters is 1. The summed E-state index contributed by atoms with van der Waals surface area (Å²) in [5.74, 6) is -1.25. The smallest absolute Gasteiger partial charge is 0.330 e. The van der Waals surface area contributed by atoms with Crippen molar-refractivity contribution in [2.45, 2.75) is 6.04 Å². The van der Waals surface area contributed by atoms with Gasteiger partial charge in [0.2, 0.25) is 0 Å². The Balaban J connectivity index is 1.99. The van der Waals surface area contributed by atoms with Gasteiger partial charge in [0, 0.05) is 0 Å². The topological polar surface area (TPSA) is 93.4 Å². The van der Waals surface area contributed by atoms with Crippen LogP contribution in [0, 0.1) is 0 Å². The van der Waals surface area contributed by atoms with E-state index in [0.29, 0.717) is 11.4 Å². The Morgan fingerprint density at radius 2 is 2.04 bits per heavy atom. The molecule has 2 N–H and O–H groups in total. The minimum atomic E-state index is -1.14. The van der Waals surface area contributed by atoms with Gasteiger partial charge in [0.05, 0.1) is 24.3 Å². The first-order chi connectivity index (χ1) is 12.6. The molecule has 0 fully saturated rings. The molecule has 0 aliphatic heterocycles. The number of aliphatic hydroxyl groups excluding tert-OH is 1. The van der Waals surface area contributed by atoms with Gasteiger partial charge in [-0.15, -0.1) is 11.3 Å². The van der Waals surface area contributed by atoms with E-state index in [0.717, 1.165) is 4.88 Å². The summed E-state index contributed by atoms with van der Waals surface area (Å²) >= 11 is 1.51. The van der Waals surface area contributed by atoms with Gasteiger partial charge in [-0.05, 0) is 29.6 Å². The summed E-state index contributed by atoms with van der Waals surface area (Å²) in [4.78, 5) is 25.3. The molecule has 0 bridgehead atoms. The molecule has 3 aromatic rings. The van der Waals surface area contributed by atoms with Crippen LogP contribution in [0.3, 0.4) is 0 Å². The first-order valence-electron chi connectivity index (χ1n) is 7.83. The second-order valence-electron chi connectivity index (χ2n) is 5.37. The highest BCUT2D eigenvalue weighted by Crippen LogP contribution is 2.25. The number of ether oxygens (including phenoxy) is 1. The number of rotatable bonds is 6. The van der Waals surface area contributed by atoms with Crippen LogP contribution in [0.25, 0.3) is 16.3 Å². The molecule has 0 saturated heterocycles. The van der Waals surface area contributed by atoms with Crippen LogP contribution >= 0.6 is 11.3 Å². The first kappa shape index (κ1) is 17.8. The number of thiophene rings is 1. The van der Waals surface area contributed by atoms with Gasteiger partial charge >= 0.3 is 5.97 Å². The molecule has 1 amide bonds. The molecule has 2 heterocycles. The van der Waals surface area contributed by atoms with Gasteiger partial charge in [-0.1, -0.05) is 24.3 Å². The van der Waals surface area contributed by atoms with Crippen molar-refractivity contribution in [1.82, 2.24) is 15.1 Å². The number of hydrogen-bond acceptors (Lipinski definition) is 6. The molecule has 7 nitrogen and oxygen atoms in total. The van der Waals surface area contributed by atoms with Crippen LogP contribution in [0.15, 0.2) is 53.9 Å². The summed E-state index contributed by atoms with van der Waals surface area (Å²) in [7, 11) is 1.19. The summed E-state index contributed by atoms with van der Waals surface area (Å²) in [6.07, 6.45) is 0. The molecule has 2 aromatic heterocycles. The van der Waals surface area contributed by atoms with Crippen molar-refractivity contribution >= 4 is 23.2 Å². The molecule has 0 unspecified atom stereocenters. The third-order valence-corrected chi connectivity index (χ3v) is 4.58. The molecule has 134 valence electrons.